The number of hydrogen-bond donors (Lipinski definition) is 1. The van der Waals surface area contributed by atoms with E-state index >= 15 is 0 Å². The average molecular weight is 215 g/mol. The highest BCUT2D eigenvalue weighted by Crippen LogP contribution is 2.26. The molecular weight excluding hydrogens is 202 g/mol. The quantitative estimate of drug-likeness (QED) is 0.706. The van der Waals surface area contributed by atoms with E-state index in [1.54, 1.807) is 0 Å². The maximum atomic E-state index is 11.8. The van der Waals surface area contributed by atoms with Gasteiger partial charge in [0.1, 0.15) is 0 Å². The topological polar surface area (TPSA) is 44.7 Å². The van der Waals surface area contributed by atoms with Crippen LogP contribution in [0, 0.1) is 0 Å². The Morgan fingerprint density at radius 1 is 1.31 bits per heavy atom. The van der Waals surface area contributed by atoms with Crippen molar-refractivity contribution in [2.24, 2.45) is 4.99 Å². The summed E-state index contributed by atoms with van der Waals surface area (Å²) in [5, 5.41) is 1.84. The van der Waals surface area contributed by atoms with Gasteiger partial charge in [0, 0.05) is 5.56 Å². The lowest BCUT2D eigenvalue weighted by atomic mass is 10.0. The van der Waals surface area contributed by atoms with Gasteiger partial charge in [-0.15, -0.1) is 0 Å². The highest BCUT2D eigenvalue weighted by Gasteiger charge is 2.37. The second kappa shape index (κ2) is 2.84. The number of amidine groups is 1. The summed E-state index contributed by atoms with van der Waals surface area (Å²) in [5.41, 5.74) is 4.35. The van der Waals surface area contributed by atoms with E-state index in [0.29, 0.717) is 5.56 Å². The molecule has 0 atom stereocenters. The minimum absolute atomic E-state index is 0.0488. The van der Waals surface area contributed by atoms with Gasteiger partial charge in [-0.05, 0) is 19.9 Å². The van der Waals surface area contributed by atoms with Crippen molar-refractivity contribution >= 4 is 11.7 Å². The first-order chi connectivity index (χ1) is 7.57. The summed E-state index contributed by atoms with van der Waals surface area (Å²) in [6.45, 7) is 4.85. The van der Waals surface area contributed by atoms with Crippen LogP contribution in [0.2, 0.25) is 0 Å². The first kappa shape index (κ1) is 9.39. The molecule has 2 aliphatic heterocycles. The zero-order chi connectivity index (χ0) is 11.3. The third-order valence-electron chi connectivity index (χ3n) is 2.86. The molecule has 0 fully saturated rings. The summed E-state index contributed by atoms with van der Waals surface area (Å²) in [7, 11) is 0. The highest BCUT2D eigenvalue weighted by molar-refractivity contribution is 6.13. The second-order valence-corrected chi connectivity index (χ2v) is 4.82. The Balaban J connectivity index is 2.19. The van der Waals surface area contributed by atoms with Crippen molar-refractivity contribution in [3.63, 3.8) is 0 Å². The molecule has 0 saturated carbocycles. The van der Waals surface area contributed by atoms with Crippen LogP contribution in [0.4, 0.5) is 0 Å². The van der Waals surface area contributed by atoms with Crippen LogP contribution in [0.3, 0.4) is 0 Å². The van der Waals surface area contributed by atoms with Gasteiger partial charge in [0.2, 0.25) is 0 Å². The number of fused-ring (bicyclic) bond motifs is 3. The highest BCUT2D eigenvalue weighted by atomic mass is 16.2. The molecule has 0 saturated heterocycles. The molecule has 3 rings (SSSR count). The molecule has 1 N–H and O–H groups in total. The van der Waals surface area contributed by atoms with Gasteiger partial charge in [0.05, 0.1) is 17.6 Å². The van der Waals surface area contributed by atoms with Crippen LogP contribution in [0.15, 0.2) is 29.3 Å². The van der Waals surface area contributed by atoms with Gasteiger partial charge in [-0.1, -0.05) is 18.2 Å². The largest absolute Gasteiger partial charge is 0.270 e. The number of carbonyl (C=O) groups excluding carboxylic acids is 1. The van der Waals surface area contributed by atoms with Crippen molar-refractivity contribution in [3.8, 4) is 0 Å². The van der Waals surface area contributed by atoms with Gasteiger partial charge in [0.15, 0.2) is 5.84 Å². The van der Waals surface area contributed by atoms with Crippen molar-refractivity contribution in [1.82, 2.24) is 10.4 Å². The molecule has 82 valence electrons. The van der Waals surface area contributed by atoms with Crippen LogP contribution in [-0.4, -0.2) is 28.8 Å². The van der Waals surface area contributed by atoms with E-state index in [2.05, 4.69) is 24.3 Å². The van der Waals surface area contributed by atoms with Gasteiger partial charge < -0.3 is 0 Å². The molecule has 4 heteroatoms. The summed E-state index contributed by atoms with van der Waals surface area (Å²) in [4.78, 5) is 16.5. The van der Waals surface area contributed by atoms with Gasteiger partial charge in [0.25, 0.3) is 5.91 Å². The van der Waals surface area contributed by atoms with Gasteiger partial charge in [-0.25, -0.2) is 0 Å². The Morgan fingerprint density at radius 3 is 2.75 bits per heavy atom. The van der Waals surface area contributed by atoms with Gasteiger partial charge in [-0.2, -0.15) is 0 Å². The van der Waals surface area contributed by atoms with E-state index in [1.807, 2.05) is 29.3 Å². The zero-order valence-corrected chi connectivity index (χ0v) is 9.32. The molecule has 16 heavy (non-hydrogen) atoms. The number of hydrazine groups is 1. The molecule has 1 amide bonds. The van der Waals surface area contributed by atoms with Crippen molar-refractivity contribution in [2.75, 3.05) is 6.54 Å². The maximum absolute atomic E-state index is 11.8. The number of carbonyl (C=O) groups is 1. The van der Waals surface area contributed by atoms with Crippen LogP contribution in [0.1, 0.15) is 29.8 Å². The number of amides is 1. The Labute approximate surface area is 93.9 Å². The molecule has 4 nitrogen and oxygen atoms in total. The molecule has 2 heterocycles. The van der Waals surface area contributed by atoms with Gasteiger partial charge in [-0.3, -0.25) is 20.2 Å². The van der Waals surface area contributed by atoms with E-state index < -0.39 is 0 Å². The minimum atomic E-state index is -0.139. The van der Waals surface area contributed by atoms with E-state index in [0.717, 1.165) is 17.9 Å². The minimum Gasteiger partial charge on any atom is -0.267 e. The molecule has 0 aliphatic carbocycles. The van der Waals surface area contributed by atoms with E-state index in [4.69, 9.17) is 0 Å². The lowest BCUT2D eigenvalue weighted by molar-refractivity contribution is 0.0860. The molecule has 2 aliphatic rings. The van der Waals surface area contributed by atoms with Gasteiger partial charge >= 0.3 is 0 Å². The number of benzene rings is 1. The second-order valence-electron chi connectivity index (χ2n) is 4.82. The molecule has 1 aromatic rings. The van der Waals surface area contributed by atoms with E-state index in [1.165, 1.54) is 0 Å². The van der Waals surface area contributed by atoms with E-state index in [-0.39, 0.29) is 11.4 Å². The van der Waals surface area contributed by atoms with Crippen molar-refractivity contribution in [2.45, 2.75) is 19.4 Å². The number of nitrogens with one attached hydrogen (secondary N) is 1. The summed E-state index contributed by atoms with van der Waals surface area (Å²) in [5.74, 6) is 0.826. The van der Waals surface area contributed by atoms with Crippen LogP contribution in [0.5, 0.6) is 0 Å². The summed E-state index contributed by atoms with van der Waals surface area (Å²) in [6.07, 6.45) is 0. The summed E-state index contributed by atoms with van der Waals surface area (Å²) < 4.78 is 0. The van der Waals surface area contributed by atoms with Crippen molar-refractivity contribution < 1.29 is 4.79 Å². The molecule has 0 spiro atoms. The Morgan fingerprint density at radius 2 is 2.00 bits per heavy atom. The standard InChI is InChI=1S/C12H13N3O/c1-12(2)7-15-10(13-12)8-5-3-4-6-9(8)11(16)14-15/h3-6H,7H2,1-2H3,(H,14,16). The van der Waals surface area contributed by atoms with E-state index in [9.17, 15) is 4.79 Å². The van der Waals surface area contributed by atoms with Crippen molar-refractivity contribution in [3.05, 3.63) is 35.4 Å². The predicted octanol–water partition coefficient (Wildman–Crippen LogP) is 1.19. The smallest absolute Gasteiger partial charge is 0.267 e. The Bertz CT molecular complexity index is 505. The lowest BCUT2D eigenvalue weighted by Crippen LogP contribution is -2.50. The number of hydrogen-bond acceptors (Lipinski definition) is 3. The summed E-state index contributed by atoms with van der Waals surface area (Å²) >= 11 is 0. The molecule has 0 aromatic heterocycles. The first-order valence-electron chi connectivity index (χ1n) is 5.35. The third-order valence-corrected chi connectivity index (χ3v) is 2.86. The number of rotatable bonds is 0. The molecule has 0 radical (unpaired) electrons. The molecule has 0 bridgehead atoms. The van der Waals surface area contributed by atoms with Crippen LogP contribution >= 0.6 is 0 Å². The molecule has 0 unspecified atom stereocenters. The average Bonchev–Trinajstić information content (AvgIpc) is 2.53. The van der Waals surface area contributed by atoms with Crippen LogP contribution in [0.25, 0.3) is 0 Å². The summed E-state index contributed by atoms with van der Waals surface area (Å²) in [6, 6.07) is 7.58. The zero-order valence-electron chi connectivity index (χ0n) is 9.32. The molecule has 1 aromatic carbocycles. The SMILES string of the molecule is CC1(C)CN2NC(=O)c3ccccc3C2=N1. The number of nitrogens with zero attached hydrogens (tertiary/aromatic N) is 2. The third kappa shape index (κ3) is 1.23. The fraction of sp³-hybridized carbons (Fsp3) is 0.333. The maximum Gasteiger partial charge on any atom is 0.270 e. The molecular formula is C12H13N3O. The lowest BCUT2D eigenvalue weighted by Gasteiger charge is -2.28. The Kier molecular flexibility index (Phi) is 1.67. The monoisotopic (exact) mass is 215 g/mol. The fourth-order valence-corrected chi connectivity index (χ4v) is 2.20. The van der Waals surface area contributed by atoms with Crippen molar-refractivity contribution in [1.29, 1.82) is 0 Å². The normalized spacial score (nSPS) is 21.0. The number of aliphatic imine (C=N–C) groups is 1. The predicted molar refractivity (Wildman–Crippen MR) is 61.2 cm³/mol. The first-order valence-corrected chi connectivity index (χ1v) is 5.35. The fourth-order valence-electron chi connectivity index (χ4n) is 2.20. The van der Waals surface area contributed by atoms with Crippen LogP contribution < -0.4 is 5.43 Å². The Hall–Kier alpha value is -1.84. The van der Waals surface area contributed by atoms with Crippen LogP contribution in [-0.2, 0) is 0 Å².